The first-order valence-electron chi connectivity index (χ1n) is 4.07. The first kappa shape index (κ1) is 15.2. The highest BCUT2D eigenvalue weighted by molar-refractivity contribution is 14.1. The Bertz CT molecular complexity index is 561. The van der Waals surface area contributed by atoms with Crippen molar-refractivity contribution in [1.29, 1.82) is 0 Å². The maximum absolute atomic E-state index is 12.2. The van der Waals surface area contributed by atoms with Crippen molar-refractivity contribution in [2.24, 2.45) is 5.14 Å². The van der Waals surface area contributed by atoms with Gasteiger partial charge in [-0.15, -0.1) is 13.2 Å². The minimum atomic E-state index is -5.06. The van der Waals surface area contributed by atoms with Gasteiger partial charge in [-0.2, -0.15) is 0 Å². The fourth-order valence-electron chi connectivity index (χ4n) is 1.02. The van der Waals surface area contributed by atoms with Crippen LogP contribution in [0.2, 0.25) is 0 Å². The van der Waals surface area contributed by atoms with Gasteiger partial charge >= 0.3 is 6.36 Å². The molecule has 0 bridgehead atoms. The molecule has 0 aromatic carbocycles. The molecule has 0 aliphatic heterocycles. The molecular formula is C7H6F3IN2O4S. The standard InChI is InChI=1S/C7H6F3IN2O4S/c1-16-4-2-3(17-7(8,9)10)5(6(11)13-4)18(12,14)15/h2H,1H3,(H2,12,14,15). The minimum absolute atomic E-state index is 0.231. The van der Waals surface area contributed by atoms with E-state index >= 15 is 0 Å². The molecule has 18 heavy (non-hydrogen) atoms. The third kappa shape index (κ3) is 3.84. The zero-order chi connectivity index (χ0) is 14.1. The summed E-state index contributed by atoms with van der Waals surface area (Å²) in [7, 11) is -3.25. The number of hydrogen-bond donors (Lipinski definition) is 1. The Balaban J connectivity index is 3.49. The maximum Gasteiger partial charge on any atom is 0.573 e. The molecule has 2 N–H and O–H groups in total. The van der Waals surface area contributed by atoms with Crippen LogP contribution in [-0.4, -0.2) is 26.9 Å². The van der Waals surface area contributed by atoms with Crippen LogP contribution >= 0.6 is 22.6 Å². The van der Waals surface area contributed by atoms with Gasteiger partial charge in [0.05, 0.1) is 7.11 Å². The predicted molar refractivity (Wildman–Crippen MR) is 61.6 cm³/mol. The van der Waals surface area contributed by atoms with Gasteiger partial charge in [0, 0.05) is 6.07 Å². The van der Waals surface area contributed by atoms with E-state index < -0.39 is 27.0 Å². The second-order valence-corrected chi connectivity index (χ2v) is 5.40. The van der Waals surface area contributed by atoms with E-state index in [2.05, 4.69) is 14.5 Å². The molecule has 0 saturated carbocycles. The lowest BCUT2D eigenvalue weighted by Crippen LogP contribution is -2.22. The number of sulfonamides is 1. The Kier molecular flexibility index (Phi) is 4.27. The van der Waals surface area contributed by atoms with Crippen LogP contribution < -0.4 is 14.6 Å². The van der Waals surface area contributed by atoms with E-state index in [0.717, 1.165) is 7.11 Å². The van der Waals surface area contributed by atoms with Gasteiger partial charge in [-0.1, -0.05) is 0 Å². The zero-order valence-electron chi connectivity index (χ0n) is 8.66. The third-order valence-electron chi connectivity index (χ3n) is 1.59. The minimum Gasteiger partial charge on any atom is -0.481 e. The summed E-state index contributed by atoms with van der Waals surface area (Å²) in [4.78, 5) is 2.76. The summed E-state index contributed by atoms with van der Waals surface area (Å²) in [5.41, 5.74) is 0. The molecule has 0 saturated heterocycles. The molecule has 6 nitrogen and oxygen atoms in total. The van der Waals surface area contributed by atoms with Crippen LogP contribution in [0.5, 0.6) is 11.6 Å². The summed E-state index contributed by atoms with van der Waals surface area (Å²) in [6.07, 6.45) is -5.06. The molecule has 0 aliphatic rings. The molecule has 1 aromatic rings. The van der Waals surface area contributed by atoms with Gasteiger partial charge in [-0.05, 0) is 22.6 Å². The predicted octanol–water partition coefficient (Wildman–Crippen LogP) is 1.24. The number of hydrogen-bond acceptors (Lipinski definition) is 5. The van der Waals surface area contributed by atoms with Crippen molar-refractivity contribution in [2.45, 2.75) is 11.3 Å². The summed E-state index contributed by atoms with van der Waals surface area (Å²) in [6, 6.07) is 0.690. The molecule has 1 heterocycles. The molecule has 0 radical (unpaired) electrons. The Morgan fingerprint density at radius 1 is 1.44 bits per heavy atom. The van der Waals surface area contributed by atoms with Crippen LogP contribution in [0.4, 0.5) is 13.2 Å². The van der Waals surface area contributed by atoms with E-state index in [-0.39, 0.29) is 9.58 Å². The van der Waals surface area contributed by atoms with Gasteiger partial charge in [0.2, 0.25) is 15.9 Å². The van der Waals surface area contributed by atoms with Gasteiger partial charge in [-0.3, -0.25) is 0 Å². The fraction of sp³-hybridized carbons (Fsp3) is 0.286. The monoisotopic (exact) mass is 398 g/mol. The highest BCUT2D eigenvalue weighted by Gasteiger charge is 2.35. The lowest BCUT2D eigenvalue weighted by molar-refractivity contribution is -0.275. The van der Waals surface area contributed by atoms with E-state index in [4.69, 9.17) is 5.14 Å². The van der Waals surface area contributed by atoms with E-state index in [1.165, 1.54) is 22.6 Å². The SMILES string of the molecule is COc1cc(OC(F)(F)F)c(S(N)(=O)=O)c(I)n1. The fourth-order valence-corrected chi connectivity index (χ4v) is 3.11. The molecule has 0 amide bonds. The van der Waals surface area contributed by atoms with Gasteiger partial charge in [0.25, 0.3) is 0 Å². The Morgan fingerprint density at radius 2 is 2.00 bits per heavy atom. The number of aromatic nitrogens is 1. The van der Waals surface area contributed by atoms with Gasteiger partial charge in [-0.25, -0.2) is 18.5 Å². The number of ether oxygens (including phenoxy) is 2. The molecule has 1 aromatic heterocycles. The van der Waals surface area contributed by atoms with Crippen molar-refractivity contribution < 1.29 is 31.1 Å². The summed E-state index contributed by atoms with van der Waals surface area (Å²) >= 11 is 1.41. The Hall–Kier alpha value is -0.820. The quantitative estimate of drug-likeness (QED) is 0.611. The number of halogens is 4. The van der Waals surface area contributed by atoms with Crippen molar-refractivity contribution in [1.82, 2.24) is 4.98 Å². The van der Waals surface area contributed by atoms with Crippen molar-refractivity contribution in [3.8, 4) is 11.6 Å². The van der Waals surface area contributed by atoms with Crippen LogP contribution in [0, 0.1) is 3.70 Å². The van der Waals surface area contributed by atoms with Crippen molar-refractivity contribution in [3.05, 3.63) is 9.77 Å². The number of methoxy groups -OCH3 is 1. The number of rotatable bonds is 3. The molecule has 0 atom stereocenters. The highest BCUT2D eigenvalue weighted by Crippen LogP contribution is 2.34. The van der Waals surface area contributed by atoms with Gasteiger partial charge < -0.3 is 9.47 Å². The summed E-state index contributed by atoms with van der Waals surface area (Å²) in [6.45, 7) is 0. The molecular weight excluding hydrogens is 392 g/mol. The molecule has 0 aliphatic carbocycles. The van der Waals surface area contributed by atoms with Crippen LogP contribution in [0.3, 0.4) is 0 Å². The van der Waals surface area contributed by atoms with E-state index in [9.17, 15) is 21.6 Å². The Morgan fingerprint density at radius 3 is 2.39 bits per heavy atom. The van der Waals surface area contributed by atoms with Crippen LogP contribution in [0.15, 0.2) is 11.0 Å². The number of pyridine rings is 1. The smallest absolute Gasteiger partial charge is 0.481 e. The van der Waals surface area contributed by atoms with Gasteiger partial charge in [0.1, 0.15) is 3.70 Å². The zero-order valence-corrected chi connectivity index (χ0v) is 11.6. The molecule has 102 valence electrons. The number of alkyl halides is 3. The second kappa shape index (κ2) is 5.05. The maximum atomic E-state index is 12.2. The Labute approximate surface area is 113 Å². The molecule has 1 rings (SSSR count). The summed E-state index contributed by atoms with van der Waals surface area (Å²) < 4.78 is 66.8. The average Bonchev–Trinajstić information content (AvgIpc) is 2.11. The third-order valence-corrected chi connectivity index (χ3v) is 3.70. The van der Waals surface area contributed by atoms with Crippen LogP contribution in [0.1, 0.15) is 0 Å². The van der Waals surface area contributed by atoms with Crippen molar-refractivity contribution >= 4 is 32.6 Å². The number of primary sulfonamides is 1. The average molecular weight is 398 g/mol. The van der Waals surface area contributed by atoms with Crippen molar-refractivity contribution in [2.75, 3.05) is 7.11 Å². The first-order chi connectivity index (χ1) is 8.04. The second-order valence-electron chi connectivity index (χ2n) is 2.88. The van der Waals surface area contributed by atoms with E-state index in [1.54, 1.807) is 0 Å². The topological polar surface area (TPSA) is 91.5 Å². The summed E-state index contributed by atoms with van der Waals surface area (Å²) in [5, 5.41) is 4.81. The van der Waals surface area contributed by atoms with E-state index in [0.29, 0.717) is 6.07 Å². The van der Waals surface area contributed by atoms with Crippen molar-refractivity contribution in [3.63, 3.8) is 0 Å². The molecule has 0 fully saturated rings. The normalized spacial score (nSPS) is 12.3. The molecule has 11 heteroatoms. The van der Waals surface area contributed by atoms with E-state index in [1.807, 2.05) is 0 Å². The van der Waals surface area contributed by atoms with Gasteiger partial charge in [0.15, 0.2) is 10.6 Å². The largest absolute Gasteiger partial charge is 0.573 e. The lowest BCUT2D eigenvalue weighted by atomic mass is 10.4. The number of nitrogens with two attached hydrogens (primary N) is 1. The van der Waals surface area contributed by atoms with Crippen LogP contribution in [-0.2, 0) is 10.0 Å². The lowest BCUT2D eigenvalue weighted by Gasteiger charge is -2.13. The number of nitrogens with zero attached hydrogens (tertiary/aromatic N) is 1. The molecule has 0 spiro atoms. The summed E-state index contributed by atoms with van der Waals surface area (Å²) in [5.74, 6) is -1.22. The first-order valence-corrected chi connectivity index (χ1v) is 6.70. The highest BCUT2D eigenvalue weighted by atomic mass is 127. The van der Waals surface area contributed by atoms with Crippen LogP contribution in [0.25, 0.3) is 0 Å². The molecule has 0 unspecified atom stereocenters.